The number of nitrogens with zero attached hydrogens (tertiary/aromatic N) is 7. The van der Waals surface area contributed by atoms with E-state index in [0.29, 0.717) is 15.7 Å². The fourth-order valence-corrected chi connectivity index (χ4v) is 4.81. The van der Waals surface area contributed by atoms with Crippen molar-refractivity contribution in [3.05, 3.63) is 72.9 Å². The highest BCUT2D eigenvalue weighted by molar-refractivity contribution is 14.1. The van der Waals surface area contributed by atoms with Crippen LogP contribution in [0.4, 0.5) is 18.9 Å². The average Bonchev–Trinajstić information content (AvgIpc) is 3.47. The fourth-order valence-electron chi connectivity index (χ4n) is 3.61. The number of alkyl halides is 3. The van der Waals surface area contributed by atoms with E-state index in [-0.39, 0.29) is 35.2 Å². The van der Waals surface area contributed by atoms with Gasteiger partial charge in [0.2, 0.25) is 0 Å². The predicted octanol–water partition coefficient (Wildman–Crippen LogP) is 4.78. The summed E-state index contributed by atoms with van der Waals surface area (Å²) in [4.78, 5) is 31.8. The molecule has 4 rings (SSSR count). The van der Waals surface area contributed by atoms with Crippen molar-refractivity contribution in [1.82, 2.24) is 40.3 Å². The van der Waals surface area contributed by atoms with Crippen LogP contribution in [0.5, 0.6) is 0 Å². The minimum Gasteiger partial charge on any atom is -0.347 e. The first kappa shape index (κ1) is 29.6. The number of carbonyl (C=O) groups excluding carboxylic acids is 2. The number of anilines is 1. The van der Waals surface area contributed by atoms with Gasteiger partial charge in [0.05, 0.1) is 21.4 Å². The molecule has 1 aromatic carbocycles. The van der Waals surface area contributed by atoms with E-state index in [1.165, 1.54) is 16.9 Å². The first-order valence-electron chi connectivity index (χ1n) is 11.6. The van der Waals surface area contributed by atoms with Gasteiger partial charge in [-0.3, -0.25) is 9.59 Å². The summed E-state index contributed by atoms with van der Waals surface area (Å²) >= 11 is 5.48. The van der Waals surface area contributed by atoms with E-state index in [0.717, 1.165) is 8.37 Å². The molecule has 2 N–H and O–H groups in total. The average molecular weight is 732 g/mol. The van der Waals surface area contributed by atoms with E-state index in [2.05, 4.69) is 74.6 Å². The Kier molecular flexibility index (Phi) is 8.30. The minimum absolute atomic E-state index is 0.00527. The molecular formula is C24H22BrF3IN9O2. The Morgan fingerprint density at radius 3 is 2.45 bits per heavy atom. The highest BCUT2D eigenvalue weighted by Gasteiger charge is 2.37. The van der Waals surface area contributed by atoms with Gasteiger partial charge in [-0.2, -0.15) is 23.1 Å². The zero-order valence-electron chi connectivity index (χ0n) is 21.5. The number of amides is 2. The Balaban J connectivity index is 1.74. The van der Waals surface area contributed by atoms with Crippen molar-refractivity contribution in [3.8, 4) is 5.82 Å². The fraction of sp³-hybridized carbons (Fsp3) is 0.292. The van der Waals surface area contributed by atoms with E-state index in [1.807, 2.05) is 26.8 Å². The molecule has 0 spiro atoms. The molecule has 0 saturated carbocycles. The van der Waals surface area contributed by atoms with Crippen molar-refractivity contribution < 1.29 is 22.8 Å². The van der Waals surface area contributed by atoms with Crippen LogP contribution < -0.4 is 10.6 Å². The van der Waals surface area contributed by atoms with Gasteiger partial charge in [0, 0.05) is 15.3 Å². The molecule has 210 valence electrons. The van der Waals surface area contributed by atoms with E-state index < -0.39 is 23.4 Å². The highest BCUT2D eigenvalue weighted by Crippen LogP contribution is 2.27. The molecule has 16 heteroatoms. The van der Waals surface area contributed by atoms with E-state index in [4.69, 9.17) is 0 Å². The molecule has 0 radical (unpaired) electrons. The second-order valence-corrected chi connectivity index (χ2v) is 11.8. The predicted molar refractivity (Wildman–Crippen MR) is 150 cm³/mol. The number of halogens is 5. The standard InChI is InChI=1S/C24H22BrF3IN9O2/c1-12-8-13(29)9-15(20(39)32-23(2,3)4)18(12)31-21(40)17-10-14(11-37-35-22(33-36-37)24(26,27)28)34-38(17)19-16(25)6-5-7-30-19/h5-10H,11H2,1-4H3,(H,31,40)(H,32,39). The summed E-state index contributed by atoms with van der Waals surface area (Å²) in [6.07, 6.45) is -3.26. The Morgan fingerprint density at radius 2 is 1.82 bits per heavy atom. The summed E-state index contributed by atoms with van der Waals surface area (Å²) in [5.41, 5.74) is 0.868. The summed E-state index contributed by atoms with van der Waals surface area (Å²) in [6.45, 7) is 6.99. The van der Waals surface area contributed by atoms with E-state index in [1.54, 1.807) is 25.1 Å². The summed E-state index contributed by atoms with van der Waals surface area (Å²) in [5, 5.41) is 19.9. The maximum Gasteiger partial charge on any atom is 0.455 e. The van der Waals surface area contributed by atoms with E-state index >= 15 is 0 Å². The maximum absolute atomic E-state index is 13.7. The van der Waals surface area contributed by atoms with Gasteiger partial charge < -0.3 is 10.6 Å². The monoisotopic (exact) mass is 731 g/mol. The molecule has 0 bridgehead atoms. The van der Waals surface area contributed by atoms with Gasteiger partial charge in [0.25, 0.3) is 17.6 Å². The quantitative estimate of drug-likeness (QED) is 0.273. The number of aromatic nitrogens is 7. The Hall–Kier alpha value is -3.41. The normalized spacial score (nSPS) is 11.9. The van der Waals surface area contributed by atoms with Gasteiger partial charge >= 0.3 is 6.18 Å². The number of nitrogens with one attached hydrogen (secondary N) is 2. The number of tetrazole rings is 1. The molecule has 0 unspecified atom stereocenters. The summed E-state index contributed by atoms with van der Waals surface area (Å²) in [5.74, 6) is -2.14. The second kappa shape index (κ2) is 11.2. The lowest BCUT2D eigenvalue weighted by Crippen LogP contribution is -2.41. The molecular weight excluding hydrogens is 710 g/mol. The van der Waals surface area contributed by atoms with Crippen LogP contribution in [-0.4, -0.2) is 52.3 Å². The largest absolute Gasteiger partial charge is 0.455 e. The number of hydrogen-bond donors (Lipinski definition) is 2. The lowest BCUT2D eigenvalue weighted by molar-refractivity contribution is -0.145. The SMILES string of the molecule is Cc1cc(I)cc(C(=O)NC(C)(C)C)c1NC(=O)c1cc(Cn2nnc(C(F)(F)F)n2)nn1-c1ncccc1Br. The Labute approximate surface area is 248 Å². The zero-order chi connectivity index (χ0) is 29.4. The molecule has 0 aliphatic rings. The van der Waals surface area contributed by atoms with Gasteiger partial charge in [-0.05, 0) is 107 Å². The van der Waals surface area contributed by atoms with Crippen LogP contribution in [0.2, 0.25) is 0 Å². The third-order valence-electron chi connectivity index (χ3n) is 5.21. The Bertz CT molecular complexity index is 1600. The van der Waals surface area contributed by atoms with Crippen molar-refractivity contribution in [2.24, 2.45) is 0 Å². The van der Waals surface area contributed by atoms with Crippen LogP contribution in [0.25, 0.3) is 5.82 Å². The molecule has 0 saturated heterocycles. The number of aryl methyl sites for hydroxylation is 1. The number of carbonyl (C=O) groups is 2. The summed E-state index contributed by atoms with van der Waals surface area (Å²) in [7, 11) is 0. The smallest absolute Gasteiger partial charge is 0.347 e. The molecule has 0 aliphatic heterocycles. The number of benzene rings is 1. The summed E-state index contributed by atoms with van der Waals surface area (Å²) in [6, 6.07) is 8.22. The molecule has 0 aliphatic carbocycles. The van der Waals surface area contributed by atoms with E-state index in [9.17, 15) is 22.8 Å². The molecule has 0 atom stereocenters. The van der Waals surface area contributed by atoms with Crippen LogP contribution in [0.3, 0.4) is 0 Å². The van der Waals surface area contributed by atoms with Crippen molar-refractivity contribution in [2.75, 3.05) is 5.32 Å². The van der Waals surface area contributed by atoms with Crippen LogP contribution in [0.1, 0.15) is 58.7 Å². The number of hydrogen-bond acceptors (Lipinski definition) is 7. The van der Waals surface area contributed by atoms with Crippen molar-refractivity contribution in [2.45, 2.75) is 46.0 Å². The highest BCUT2D eigenvalue weighted by atomic mass is 127. The molecule has 11 nitrogen and oxygen atoms in total. The number of pyridine rings is 1. The third-order valence-corrected chi connectivity index (χ3v) is 6.46. The van der Waals surface area contributed by atoms with Crippen LogP contribution in [-0.2, 0) is 12.7 Å². The molecule has 3 aromatic heterocycles. The van der Waals surface area contributed by atoms with Crippen LogP contribution in [0, 0.1) is 10.5 Å². The van der Waals surface area contributed by atoms with Crippen molar-refractivity contribution >= 4 is 56.0 Å². The van der Waals surface area contributed by atoms with Crippen LogP contribution >= 0.6 is 38.5 Å². The van der Waals surface area contributed by atoms with Crippen molar-refractivity contribution in [1.29, 1.82) is 0 Å². The van der Waals surface area contributed by atoms with Crippen molar-refractivity contribution in [3.63, 3.8) is 0 Å². The molecule has 3 heterocycles. The minimum atomic E-state index is -4.76. The van der Waals surface area contributed by atoms with Gasteiger partial charge in [0.1, 0.15) is 12.2 Å². The van der Waals surface area contributed by atoms with Crippen LogP contribution in [0.15, 0.2) is 41.0 Å². The zero-order valence-corrected chi connectivity index (χ0v) is 25.3. The van der Waals surface area contributed by atoms with Gasteiger partial charge in [-0.1, -0.05) is 0 Å². The topological polar surface area (TPSA) is 133 Å². The first-order chi connectivity index (χ1) is 18.6. The maximum atomic E-state index is 13.7. The summed E-state index contributed by atoms with van der Waals surface area (Å²) < 4.78 is 41.3. The molecule has 40 heavy (non-hydrogen) atoms. The first-order valence-corrected chi connectivity index (χ1v) is 13.5. The number of rotatable bonds is 6. The lowest BCUT2D eigenvalue weighted by atomic mass is 10.0. The van der Waals surface area contributed by atoms with Gasteiger partial charge in [0.15, 0.2) is 5.82 Å². The second-order valence-electron chi connectivity index (χ2n) is 9.69. The lowest BCUT2D eigenvalue weighted by Gasteiger charge is -2.22. The molecule has 2 amide bonds. The third kappa shape index (κ3) is 6.83. The molecule has 4 aromatic rings. The molecule has 0 fully saturated rings. The van der Waals surface area contributed by atoms with Gasteiger partial charge in [-0.15, -0.1) is 10.2 Å². The Morgan fingerprint density at radius 1 is 1.10 bits per heavy atom. The van der Waals surface area contributed by atoms with Gasteiger partial charge in [-0.25, -0.2) is 9.67 Å².